The Labute approximate surface area is 212 Å². The lowest BCUT2D eigenvalue weighted by molar-refractivity contribution is 1.11. The molecule has 0 unspecified atom stereocenters. The molecule has 0 saturated carbocycles. The van der Waals surface area contributed by atoms with Crippen LogP contribution in [0.15, 0.2) is 84.8 Å². The molecule has 0 fully saturated rings. The van der Waals surface area contributed by atoms with Crippen LogP contribution in [0.5, 0.6) is 0 Å². The van der Waals surface area contributed by atoms with Crippen molar-refractivity contribution in [2.45, 2.75) is 54.9 Å². The van der Waals surface area contributed by atoms with Crippen LogP contribution in [0.3, 0.4) is 0 Å². The van der Waals surface area contributed by atoms with Gasteiger partial charge >= 0.3 is 0 Å². The van der Waals surface area contributed by atoms with Crippen molar-refractivity contribution in [2.24, 2.45) is 0 Å². The van der Waals surface area contributed by atoms with Crippen LogP contribution in [0, 0.1) is 16.7 Å². The lowest BCUT2D eigenvalue weighted by Gasteiger charge is -2.11. The van der Waals surface area contributed by atoms with Crippen LogP contribution >= 0.6 is 11.3 Å². The van der Waals surface area contributed by atoms with Crippen molar-refractivity contribution in [2.75, 3.05) is 5.32 Å². The molecule has 1 heterocycles. The SMILES string of the molecule is C=C(C)CC.C=C(Nc1ccsc1-c1cccc(C#N)c1)c1ccccc1.CC.CC.CC=N. The van der Waals surface area contributed by atoms with Gasteiger partial charge in [0.05, 0.1) is 22.2 Å². The molecule has 0 aliphatic heterocycles. The second-order valence-electron chi connectivity index (χ2n) is 6.42. The van der Waals surface area contributed by atoms with Gasteiger partial charge in [-0.05, 0) is 61.2 Å². The van der Waals surface area contributed by atoms with Gasteiger partial charge in [-0.1, -0.05) is 89.2 Å². The van der Waals surface area contributed by atoms with E-state index in [-0.39, 0.29) is 0 Å². The molecule has 0 aliphatic carbocycles. The van der Waals surface area contributed by atoms with Gasteiger partial charge in [0.25, 0.3) is 0 Å². The molecule has 0 bridgehead atoms. The number of anilines is 1. The largest absolute Gasteiger partial charge is 0.354 e. The van der Waals surface area contributed by atoms with Crippen molar-refractivity contribution in [1.29, 1.82) is 10.7 Å². The molecule has 182 valence electrons. The summed E-state index contributed by atoms with van der Waals surface area (Å²) in [6.45, 7) is 21.6. The second kappa shape index (κ2) is 21.4. The van der Waals surface area contributed by atoms with Gasteiger partial charge in [0.15, 0.2) is 0 Å². The minimum atomic E-state index is 0.665. The molecule has 0 amide bonds. The average molecular weight is 476 g/mol. The molecule has 1 aromatic heterocycles. The van der Waals surface area contributed by atoms with Gasteiger partial charge in [-0.2, -0.15) is 5.26 Å². The lowest BCUT2D eigenvalue weighted by Crippen LogP contribution is -1.97. The van der Waals surface area contributed by atoms with E-state index >= 15 is 0 Å². The Kier molecular flexibility index (Phi) is 20.6. The third kappa shape index (κ3) is 13.2. The fraction of sp³-hybridized carbons (Fsp3) is 0.267. The Balaban J connectivity index is 0. The number of allylic oxidation sites excluding steroid dienone is 1. The third-order valence-electron chi connectivity index (χ3n) is 3.93. The van der Waals surface area contributed by atoms with E-state index < -0.39 is 0 Å². The average Bonchev–Trinajstić information content (AvgIpc) is 3.36. The highest BCUT2D eigenvalue weighted by atomic mass is 32.1. The van der Waals surface area contributed by atoms with Crippen LogP contribution in [0.2, 0.25) is 0 Å². The molecule has 0 aliphatic rings. The van der Waals surface area contributed by atoms with Crippen LogP contribution in [-0.4, -0.2) is 6.21 Å². The van der Waals surface area contributed by atoms with Gasteiger partial charge in [-0.15, -0.1) is 17.9 Å². The van der Waals surface area contributed by atoms with Crippen molar-refractivity contribution in [3.8, 4) is 16.5 Å². The zero-order valence-corrected chi connectivity index (χ0v) is 22.7. The van der Waals surface area contributed by atoms with Crippen LogP contribution in [-0.2, 0) is 0 Å². The van der Waals surface area contributed by atoms with Crippen molar-refractivity contribution < 1.29 is 0 Å². The molecule has 34 heavy (non-hydrogen) atoms. The summed E-state index contributed by atoms with van der Waals surface area (Å²) in [5.74, 6) is 0. The molecule has 3 aromatic rings. The summed E-state index contributed by atoms with van der Waals surface area (Å²) in [4.78, 5) is 1.11. The first-order chi connectivity index (χ1) is 16.5. The Bertz CT molecular complexity index is 995. The molecule has 2 aromatic carbocycles. The summed E-state index contributed by atoms with van der Waals surface area (Å²) < 4.78 is 0. The standard InChI is InChI=1S/C19H14N2S.C5H10.C2H5N.2C2H6/c1-14(16-7-3-2-4-8-16)21-18-10-11-22-19(18)17-9-5-6-15(12-17)13-20;1-4-5(2)3;1-2-3;2*1-2/h2-12,21H,1H2;2,4H2,1,3H3;2-3H,1H3;2*1-2H3. The van der Waals surface area contributed by atoms with E-state index in [0.717, 1.165) is 33.8 Å². The third-order valence-corrected chi connectivity index (χ3v) is 4.89. The van der Waals surface area contributed by atoms with Gasteiger partial charge in [-0.25, -0.2) is 0 Å². The molecule has 0 atom stereocenters. The van der Waals surface area contributed by atoms with Gasteiger partial charge in [0.1, 0.15) is 0 Å². The van der Waals surface area contributed by atoms with Gasteiger partial charge < -0.3 is 10.7 Å². The van der Waals surface area contributed by atoms with Gasteiger partial charge in [-0.3, -0.25) is 0 Å². The molecule has 0 spiro atoms. The molecule has 3 rings (SSSR count). The van der Waals surface area contributed by atoms with E-state index in [0.29, 0.717) is 5.56 Å². The molecule has 2 N–H and O–H groups in total. The van der Waals surface area contributed by atoms with E-state index in [1.165, 1.54) is 11.8 Å². The first-order valence-corrected chi connectivity index (χ1v) is 12.5. The van der Waals surface area contributed by atoms with E-state index in [4.69, 9.17) is 10.7 Å². The Hall–Kier alpha value is -3.42. The van der Waals surface area contributed by atoms with Crippen LogP contribution < -0.4 is 5.32 Å². The number of nitriles is 1. The summed E-state index contributed by atoms with van der Waals surface area (Å²) in [7, 11) is 0. The van der Waals surface area contributed by atoms with Gasteiger partial charge in [0.2, 0.25) is 0 Å². The summed E-state index contributed by atoms with van der Waals surface area (Å²) in [5.41, 5.74) is 5.89. The molecule has 3 nitrogen and oxygen atoms in total. The fourth-order valence-corrected chi connectivity index (χ4v) is 3.08. The quantitative estimate of drug-likeness (QED) is 0.285. The molecular weight excluding hydrogens is 434 g/mol. The number of benzene rings is 2. The van der Waals surface area contributed by atoms with Crippen LogP contribution in [0.25, 0.3) is 16.1 Å². The van der Waals surface area contributed by atoms with Gasteiger partial charge in [0, 0.05) is 5.70 Å². The zero-order valence-electron chi connectivity index (χ0n) is 21.9. The normalized spacial score (nSPS) is 8.29. The van der Waals surface area contributed by atoms with Crippen molar-refractivity contribution >= 4 is 28.9 Å². The fourth-order valence-electron chi connectivity index (χ4n) is 2.24. The maximum Gasteiger partial charge on any atom is 0.0991 e. The van der Waals surface area contributed by atoms with Crippen molar-refractivity contribution in [1.82, 2.24) is 0 Å². The van der Waals surface area contributed by atoms with Crippen LogP contribution in [0.4, 0.5) is 5.69 Å². The van der Waals surface area contributed by atoms with E-state index in [2.05, 4.69) is 31.5 Å². The number of hydrogen-bond donors (Lipinski definition) is 2. The number of nitrogens with zero attached hydrogens (tertiary/aromatic N) is 1. The Morgan fingerprint density at radius 3 is 2.09 bits per heavy atom. The van der Waals surface area contributed by atoms with Crippen molar-refractivity contribution in [3.05, 3.63) is 95.9 Å². The number of nitrogens with one attached hydrogen (secondary N) is 2. The Morgan fingerprint density at radius 2 is 1.59 bits per heavy atom. The van der Waals surface area contributed by atoms with E-state index in [1.54, 1.807) is 18.3 Å². The Morgan fingerprint density at radius 1 is 1.03 bits per heavy atom. The van der Waals surface area contributed by atoms with E-state index in [9.17, 15) is 0 Å². The highest BCUT2D eigenvalue weighted by molar-refractivity contribution is 7.14. The maximum absolute atomic E-state index is 9.05. The highest BCUT2D eigenvalue weighted by Crippen LogP contribution is 2.35. The summed E-state index contributed by atoms with van der Waals surface area (Å²) in [6, 6.07) is 21.9. The summed E-state index contributed by atoms with van der Waals surface area (Å²) >= 11 is 1.65. The molecule has 0 saturated heterocycles. The predicted octanol–water partition coefficient (Wildman–Crippen LogP) is 10.1. The molecule has 4 heteroatoms. The number of hydrogen-bond acceptors (Lipinski definition) is 4. The number of rotatable bonds is 5. The van der Waals surface area contributed by atoms with E-state index in [1.807, 2.05) is 101 Å². The maximum atomic E-state index is 9.05. The molecular formula is C30H41N3S. The first-order valence-electron chi connectivity index (χ1n) is 11.7. The lowest BCUT2D eigenvalue weighted by atomic mass is 10.1. The van der Waals surface area contributed by atoms with Crippen LogP contribution in [0.1, 0.15) is 66.0 Å². The zero-order chi connectivity index (χ0) is 26.4. The highest BCUT2D eigenvalue weighted by Gasteiger charge is 2.09. The second-order valence-corrected chi connectivity index (χ2v) is 7.34. The predicted molar refractivity (Wildman–Crippen MR) is 156 cm³/mol. The topological polar surface area (TPSA) is 59.7 Å². The minimum Gasteiger partial charge on any atom is -0.354 e. The smallest absolute Gasteiger partial charge is 0.0991 e. The summed E-state index contributed by atoms with van der Waals surface area (Å²) in [6.07, 6.45) is 2.36. The monoisotopic (exact) mass is 475 g/mol. The van der Waals surface area contributed by atoms with Crippen molar-refractivity contribution in [3.63, 3.8) is 0 Å². The number of thiophene rings is 1. The molecule has 0 radical (unpaired) electrons. The first kappa shape index (κ1) is 32.8. The summed E-state index contributed by atoms with van der Waals surface area (Å²) in [5, 5.41) is 20.5. The minimum absolute atomic E-state index is 0.665.